The molecule has 0 spiro atoms. The highest BCUT2D eigenvalue weighted by Crippen LogP contribution is 2.13. The van der Waals surface area contributed by atoms with E-state index < -0.39 is 0 Å². The van der Waals surface area contributed by atoms with E-state index in [1.807, 2.05) is 30.3 Å². The van der Waals surface area contributed by atoms with Crippen molar-refractivity contribution in [3.05, 3.63) is 35.9 Å². The predicted octanol–water partition coefficient (Wildman–Crippen LogP) is 3.15. The number of hydrogen-bond donors (Lipinski definition) is 0. The van der Waals surface area contributed by atoms with Gasteiger partial charge in [0.15, 0.2) is 0 Å². The summed E-state index contributed by atoms with van der Waals surface area (Å²) in [6.07, 6.45) is 1.61. The second-order valence-corrected chi connectivity index (χ2v) is 4.27. The predicted molar refractivity (Wildman–Crippen MR) is 58.3 cm³/mol. The molecule has 13 heavy (non-hydrogen) atoms. The minimum Gasteiger partial charge on any atom is -0.280 e. The molecule has 0 aromatic heterocycles. The molecule has 0 aliphatic carbocycles. The fourth-order valence-corrected chi connectivity index (χ4v) is 1.39. The average Bonchev–Trinajstić information content (AvgIpc) is 2.15. The van der Waals surface area contributed by atoms with Crippen LogP contribution < -0.4 is 0 Å². The van der Waals surface area contributed by atoms with Gasteiger partial charge in [-0.3, -0.25) is 4.79 Å². The van der Waals surface area contributed by atoms with Crippen molar-refractivity contribution in [2.45, 2.75) is 17.7 Å². The minimum absolute atomic E-state index is 0.227. The summed E-state index contributed by atoms with van der Waals surface area (Å²) < 4.78 is 0. The van der Waals surface area contributed by atoms with Crippen LogP contribution in [0.5, 0.6) is 0 Å². The molecule has 1 unspecified atom stereocenters. The van der Waals surface area contributed by atoms with Crippen LogP contribution in [0.15, 0.2) is 30.3 Å². The monoisotopic (exact) mass is 260 g/mol. The third-order valence-corrected chi connectivity index (χ3v) is 3.18. The average molecular weight is 262 g/mol. The molecule has 1 atom stereocenters. The Morgan fingerprint density at radius 2 is 2.00 bits per heavy atom. The summed E-state index contributed by atoms with van der Waals surface area (Å²) in [6, 6.07) is 10.0. The maximum Gasteiger partial charge on any atom is 0.235 e. The van der Waals surface area contributed by atoms with Crippen LogP contribution in [0.1, 0.15) is 12.0 Å². The third-order valence-electron chi connectivity index (χ3n) is 1.78. The van der Waals surface area contributed by atoms with Crippen LogP contribution in [0.4, 0.5) is 0 Å². The smallest absolute Gasteiger partial charge is 0.235 e. The van der Waals surface area contributed by atoms with E-state index in [0.717, 1.165) is 12.8 Å². The Morgan fingerprint density at radius 1 is 1.38 bits per heavy atom. The molecule has 70 valence electrons. The molecule has 1 aromatic rings. The van der Waals surface area contributed by atoms with Crippen molar-refractivity contribution >= 4 is 32.8 Å². The lowest BCUT2D eigenvalue weighted by Crippen LogP contribution is -2.07. The van der Waals surface area contributed by atoms with Gasteiger partial charge < -0.3 is 0 Å². The van der Waals surface area contributed by atoms with E-state index in [1.54, 1.807) is 0 Å². The molecule has 0 radical (unpaired) electrons. The van der Waals surface area contributed by atoms with Crippen molar-refractivity contribution in [3.63, 3.8) is 0 Å². The van der Waals surface area contributed by atoms with Gasteiger partial charge in [0.2, 0.25) is 5.24 Å². The van der Waals surface area contributed by atoms with Crippen molar-refractivity contribution in [3.8, 4) is 0 Å². The SMILES string of the molecule is O=C(Cl)C(Br)CCc1ccccc1. The van der Waals surface area contributed by atoms with Crippen molar-refractivity contribution in [1.29, 1.82) is 0 Å². The summed E-state index contributed by atoms with van der Waals surface area (Å²) in [5.74, 6) is 0. The largest absolute Gasteiger partial charge is 0.280 e. The summed E-state index contributed by atoms with van der Waals surface area (Å²) in [6.45, 7) is 0. The maximum absolute atomic E-state index is 10.7. The Morgan fingerprint density at radius 3 is 2.54 bits per heavy atom. The number of aryl methyl sites for hydroxylation is 1. The molecule has 0 amide bonds. The molecule has 0 aliphatic heterocycles. The van der Waals surface area contributed by atoms with Crippen molar-refractivity contribution in [2.75, 3.05) is 0 Å². The molecule has 0 aliphatic rings. The first kappa shape index (κ1) is 10.7. The highest BCUT2D eigenvalue weighted by Gasteiger charge is 2.10. The molecule has 1 aromatic carbocycles. The van der Waals surface area contributed by atoms with E-state index in [0.29, 0.717) is 0 Å². The van der Waals surface area contributed by atoms with Crippen LogP contribution in [0.2, 0.25) is 0 Å². The molecule has 0 heterocycles. The normalized spacial score (nSPS) is 12.5. The van der Waals surface area contributed by atoms with Gasteiger partial charge >= 0.3 is 0 Å². The van der Waals surface area contributed by atoms with E-state index in [2.05, 4.69) is 15.9 Å². The first-order chi connectivity index (χ1) is 6.20. The van der Waals surface area contributed by atoms with Crippen LogP contribution >= 0.6 is 27.5 Å². The zero-order valence-corrected chi connectivity index (χ0v) is 9.38. The highest BCUT2D eigenvalue weighted by atomic mass is 79.9. The second kappa shape index (κ2) is 5.40. The highest BCUT2D eigenvalue weighted by molar-refractivity contribution is 9.10. The standard InChI is InChI=1S/C10H10BrClO/c11-9(10(12)13)7-6-8-4-2-1-3-5-8/h1-5,9H,6-7H2. The van der Waals surface area contributed by atoms with Gasteiger partial charge in [-0.25, -0.2) is 0 Å². The number of hydrogen-bond acceptors (Lipinski definition) is 1. The van der Waals surface area contributed by atoms with Gasteiger partial charge in [-0.15, -0.1) is 0 Å². The topological polar surface area (TPSA) is 17.1 Å². The van der Waals surface area contributed by atoms with E-state index in [1.165, 1.54) is 5.56 Å². The molecule has 1 rings (SSSR count). The molecule has 0 N–H and O–H groups in total. The van der Waals surface area contributed by atoms with E-state index in [4.69, 9.17) is 11.6 Å². The van der Waals surface area contributed by atoms with Crippen molar-refractivity contribution < 1.29 is 4.79 Å². The number of benzene rings is 1. The molecule has 0 saturated carbocycles. The van der Waals surface area contributed by atoms with Gasteiger partial charge in [0.1, 0.15) is 0 Å². The van der Waals surface area contributed by atoms with Crippen LogP contribution in [-0.4, -0.2) is 10.1 Å². The number of rotatable bonds is 4. The summed E-state index contributed by atoms with van der Waals surface area (Å²) in [5, 5.41) is -0.323. The van der Waals surface area contributed by atoms with Gasteiger partial charge in [-0.1, -0.05) is 46.3 Å². The summed E-state index contributed by atoms with van der Waals surface area (Å²) in [4.78, 5) is 10.5. The number of carbonyl (C=O) groups excluding carboxylic acids is 1. The van der Waals surface area contributed by atoms with Crippen LogP contribution in [0.25, 0.3) is 0 Å². The van der Waals surface area contributed by atoms with Crippen molar-refractivity contribution in [2.24, 2.45) is 0 Å². The van der Waals surface area contributed by atoms with Gasteiger partial charge in [0.25, 0.3) is 0 Å². The molecule has 1 nitrogen and oxygen atoms in total. The van der Waals surface area contributed by atoms with Crippen LogP contribution in [0, 0.1) is 0 Å². The van der Waals surface area contributed by atoms with E-state index in [9.17, 15) is 4.79 Å². The summed E-state index contributed by atoms with van der Waals surface area (Å²) in [5.41, 5.74) is 1.23. The summed E-state index contributed by atoms with van der Waals surface area (Å²) >= 11 is 8.53. The van der Waals surface area contributed by atoms with Gasteiger partial charge in [-0.2, -0.15) is 0 Å². The number of alkyl halides is 1. The Labute approximate surface area is 91.2 Å². The Kier molecular flexibility index (Phi) is 4.46. The fraction of sp³-hybridized carbons (Fsp3) is 0.300. The molecular formula is C10H10BrClO. The number of carbonyl (C=O) groups is 1. The minimum atomic E-state index is -0.323. The molecular weight excluding hydrogens is 251 g/mol. The Bertz CT molecular complexity index is 274. The lowest BCUT2D eigenvalue weighted by atomic mass is 10.1. The zero-order valence-electron chi connectivity index (χ0n) is 7.04. The van der Waals surface area contributed by atoms with Crippen molar-refractivity contribution in [1.82, 2.24) is 0 Å². The van der Waals surface area contributed by atoms with Crippen LogP contribution in [-0.2, 0) is 11.2 Å². The quantitative estimate of drug-likeness (QED) is 0.601. The van der Waals surface area contributed by atoms with E-state index >= 15 is 0 Å². The van der Waals surface area contributed by atoms with Gasteiger partial charge in [-0.05, 0) is 30.0 Å². The fourth-order valence-electron chi connectivity index (χ4n) is 1.05. The lowest BCUT2D eigenvalue weighted by molar-refractivity contribution is -0.111. The Hall–Kier alpha value is -0.340. The molecule has 0 bridgehead atoms. The van der Waals surface area contributed by atoms with Gasteiger partial charge in [0.05, 0.1) is 4.83 Å². The third kappa shape index (κ3) is 3.92. The summed E-state index contributed by atoms with van der Waals surface area (Å²) in [7, 11) is 0. The van der Waals surface area contributed by atoms with Gasteiger partial charge in [0, 0.05) is 0 Å². The molecule has 3 heteroatoms. The zero-order chi connectivity index (χ0) is 9.68. The molecule has 0 saturated heterocycles. The first-order valence-electron chi connectivity index (χ1n) is 4.07. The first-order valence-corrected chi connectivity index (χ1v) is 5.37. The van der Waals surface area contributed by atoms with E-state index in [-0.39, 0.29) is 10.1 Å². The number of halogens is 2. The van der Waals surface area contributed by atoms with Crippen LogP contribution in [0.3, 0.4) is 0 Å². The second-order valence-electron chi connectivity index (χ2n) is 2.80. The maximum atomic E-state index is 10.7. The Balaban J connectivity index is 2.39. The lowest BCUT2D eigenvalue weighted by Gasteiger charge is -2.03. The molecule has 0 fully saturated rings.